The lowest BCUT2D eigenvalue weighted by molar-refractivity contribution is 0.240. The standard InChI is InChI=1S/C11H13Br2N3O2/c1-6(2)18-10-7(5-15-16-11(14)17)3-8(12)4-9(10)13/h3-6H,1-2H3,(H3,14,16,17)/b15-5+. The summed E-state index contributed by atoms with van der Waals surface area (Å²) in [5.41, 5.74) is 7.78. The molecule has 0 fully saturated rings. The fourth-order valence-electron chi connectivity index (χ4n) is 1.20. The summed E-state index contributed by atoms with van der Waals surface area (Å²) in [5, 5.41) is 3.72. The van der Waals surface area contributed by atoms with Gasteiger partial charge in [-0.15, -0.1) is 0 Å². The van der Waals surface area contributed by atoms with Crippen LogP contribution in [0.25, 0.3) is 0 Å². The van der Waals surface area contributed by atoms with E-state index in [2.05, 4.69) is 42.4 Å². The van der Waals surface area contributed by atoms with Crippen molar-refractivity contribution >= 4 is 44.1 Å². The zero-order valence-corrected chi connectivity index (χ0v) is 13.1. The zero-order chi connectivity index (χ0) is 13.7. The van der Waals surface area contributed by atoms with Crippen LogP contribution in [0.2, 0.25) is 0 Å². The molecule has 0 atom stereocenters. The molecule has 5 nitrogen and oxygen atoms in total. The number of benzene rings is 1. The Kier molecular flexibility index (Phi) is 5.61. The second kappa shape index (κ2) is 6.75. The minimum Gasteiger partial charge on any atom is -0.489 e. The molecule has 1 aromatic rings. The van der Waals surface area contributed by atoms with Crippen molar-refractivity contribution in [1.29, 1.82) is 0 Å². The summed E-state index contributed by atoms with van der Waals surface area (Å²) in [6.07, 6.45) is 1.50. The van der Waals surface area contributed by atoms with E-state index in [9.17, 15) is 4.79 Å². The van der Waals surface area contributed by atoms with E-state index in [1.807, 2.05) is 26.0 Å². The number of primary amides is 1. The summed E-state index contributed by atoms with van der Waals surface area (Å²) >= 11 is 6.79. The highest BCUT2D eigenvalue weighted by Crippen LogP contribution is 2.32. The maximum absolute atomic E-state index is 10.5. The van der Waals surface area contributed by atoms with E-state index < -0.39 is 6.03 Å². The smallest absolute Gasteiger partial charge is 0.332 e. The molecule has 7 heteroatoms. The molecule has 0 saturated carbocycles. The number of nitrogens with two attached hydrogens (primary N) is 1. The third kappa shape index (κ3) is 4.66. The molecule has 0 aliphatic heterocycles. The molecule has 0 bridgehead atoms. The number of nitrogens with zero attached hydrogens (tertiary/aromatic N) is 1. The van der Waals surface area contributed by atoms with Gasteiger partial charge in [0, 0.05) is 10.0 Å². The first kappa shape index (κ1) is 15.0. The summed E-state index contributed by atoms with van der Waals surface area (Å²) in [6.45, 7) is 3.86. The fourth-order valence-corrected chi connectivity index (χ4v) is 2.55. The molecule has 0 spiro atoms. The molecule has 1 rings (SSSR count). The monoisotopic (exact) mass is 377 g/mol. The second-order valence-corrected chi connectivity index (χ2v) is 5.48. The second-order valence-electron chi connectivity index (χ2n) is 3.71. The Morgan fingerprint density at radius 2 is 2.17 bits per heavy atom. The van der Waals surface area contributed by atoms with E-state index in [0.717, 1.165) is 14.5 Å². The number of amides is 2. The highest BCUT2D eigenvalue weighted by Gasteiger charge is 2.10. The predicted molar refractivity (Wildman–Crippen MR) is 77.9 cm³/mol. The van der Waals surface area contributed by atoms with Crippen LogP contribution in [0.15, 0.2) is 26.2 Å². The van der Waals surface area contributed by atoms with Gasteiger partial charge in [-0.25, -0.2) is 10.2 Å². The van der Waals surface area contributed by atoms with Crippen molar-refractivity contribution in [1.82, 2.24) is 5.43 Å². The van der Waals surface area contributed by atoms with Crippen molar-refractivity contribution in [2.24, 2.45) is 10.8 Å². The van der Waals surface area contributed by atoms with Gasteiger partial charge in [0.1, 0.15) is 5.75 Å². The lowest BCUT2D eigenvalue weighted by atomic mass is 10.2. The lowest BCUT2D eigenvalue weighted by Crippen LogP contribution is -2.24. The molecule has 0 aliphatic carbocycles. The van der Waals surface area contributed by atoms with E-state index in [-0.39, 0.29) is 6.10 Å². The topological polar surface area (TPSA) is 76.7 Å². The highest BCUT2D eigenvalue weighted by atomic mass is 79.9. The number of carbonyl (C=O) groups excluding carboxylic acids is 1. The number of ether oxygens (including phenoxy) is 1. The van der Waals surface area contributed by atoms with Gasteiger partial charge >= 0.3 is 6.03 Å². The quantitative estimate of drug-likeness (QED) is 0.624. The molecule has 0 aromatic heterocycles. The van der Waals surface area contributed by atoms with Crippen LogP contribution in [-0.2, 0) is 0 Å². The average molecular weight is 379 g/mol. The summed E-state index contributed by atoms with van der Waals surface area (Å²) in [7, 11) is 0. The van der Waals surface area contributed by atoms with Crippen molar-refractivity contribution in [3.63, 3.8) is 0 Å². The number of nitrogens with one attached hydrogen (secondary N) is 1. The molecule has 0 heterocycles. The van der Waals surface area contributed by atoms with E-state index in [1.165, 1.54) is 6.21 Å². The number of hydrogen-bond acceptors (Lipinski definition) is 3. The fraction of sp³-hybridized carbons (Fsp3) is 0.273. The van der Waals surface area contributed by atoms with Crippen molar-refractivity contribution < 1.29 is 9.53 Å². The Labute approximate surface area is 122 Å². The van der Waals surface area contributed by atoms with Crippen LogP contribution in [0.1, 0.15) is 19.4 Å². The Bertz CT molecular complexity index is 476. The summed E-state index contributed by atoms with van der Waals surface area (Å²) in [6, 6.07) is 2.98. The molecule has 2 amide bonds. The van der Waals surface area contributed by atoms with Crippen LogP contribution in [0.4, 0.5) is 4.79 Å². The zero-order valence-electron chi connectivity index (χ0n) is 9.91. The van der Waals surface area contributed by atoms with Crippen molar-refractivity contribution in [2.75, 3.05) is 0 Å². The molecule has 1 aromatic carbocycles. The van der Waals surface area contributed by atoms with Crippen molar-refractivity contribution in [2.45, 2.75) is 20.0 Å². The Hall–Kier alpha value is -1.08. The third-order valence-corrected chi connectivity index (χ3v) is 2.82. The predicted octanol–water partition coefficient (Wildman–Crippen LogP) is 3.00. The van der Waals surface area contributed by atoms with Gasteiger partial charge in [0.25, 0.3) is 0 Å². The first-order valence-electron chi connectivity index (χ1n) is 5.14. The first-order valence-corrected chi connectivity index (χ1v) is 6.73. The Morgan fingerprint density at radius 3 is 2.72 bits per heavy atom. The molecular weight excluding hydrogens is 366 g/mol. The first-order chi connectivity index (χ1) is 8.40. The molecule has 0 unspecified atom stereocenters. The van der Waals surface area contributed by atoms with Crippen LogP contribution in [0.3, 0.4) is 0 Å². The minimum absolute atomic E-state index is 0.0266. The Balaban J connectivity index is 3.06. The third-order valence-electron chi connectivity index (χ3n) is 1.77. The Morgan fingerprint density at radius 1 is 1.50 bits per heavy atom. The summed E-state index contributed by atoms with van der Waals surface area (Å²) in [4.78, 5) is 10.5. The maximum Gasteiger partial charge on any atom is 0.332 e. The van der Waals surface area contributed by atoms with E-state index in [1.54, 1.807) is 0 Å². The number of carbonyl (C=O) groups is 1. The lowest BCUT2D eigenvalue weighted by Gasteiger charge is -2.14. The van der Waals surface area contributed by atoms with Gasteiger partial charge in [-0.1, -0.05) is 15.9 Å². The minimum atomic E-state index is -0.716. The largest absolute Gasteiger partial charge is 0.489 e. The van der Waals surface area contributed by atoms with Crippen LogP contribution < -0.4 is 15.9 Å². The molecular formula is C11H13Br2N3O2. The molecule has 18 heavy (non-hydrogen) atoms. The normalized spacial score (nSPS) is 10.9. The molecule has 0 saturated heterocycles. The van der Waals surface area contributed by atoms with Crippen LogP contribution in [0.5, 0.6) is 5.75 Å². The van der Waals surface area contributed by atoms with E-state index in [0.29, 0.717) is 5.75 Å². The van der Waals surface area contributed by atoms with Gasteiger partial charge in [0.05, 0.1) is 16.8 Å². The molecule has 0 radical (unpaired) electrons. The molecule has 0 aliphatic rings. The number of hydrazone groups is 1. The number of urea groups is 1. The van der Waals surface area contributed by atoms with Gasteiger partial charge in [0.2, 0.25) is 0 Å². The highest BCUT2D eigenvalue weighted by molar-refractivity contribution is 9.11. The van der Waals surface area contributed by atoms with Gasteiger partial charge in [-0.3, -0.25) is 0 Å². The number of hydrogen-bond donors (Lipinski definition) is 2. The van der Waals surface area contributed by atoms with Gasteiger partial charge in [0.15, 0.2) is 0 Å². The van der Waals surface area contributed by atoms with Crippen LogP contribution >= 0.6 is 31.9 Å². The van der Waals surface area contributed by atoms with Gasteiger partial charge in [-0.05, 0) is 41.9 Å². The number of halogens is 2. The van der Waals surface area contributed by atoms with Gasteiger partial charge in [-0.2, -0.15) is 5.10 Å². The summed E-state index contributed by atoms with van der Waals surface area (Å²) < 4.78 is 7.35. The number of rotatable bonds is 4. The summed E-state index contributed by atoms with van der Waals surface area (Å²) in [5.74, 6) is 0.656. The SMILES string of the molecule is CC(C)Oc1c(Br)cc(Br)cc1/C=N/NC(N)=O. The molecule has 3 N–H and O–H groups in total. The molecule has 98 valence electrons. The van der Waals surface area contributed by atoms with Gasteiger partial charge < -0.3 is 10.5 Å². The van der Waals surface area contributed by atoms with Crippen molar-refractivity contribution in [3.8, 4) is 5.75 Å². The maximum atomic E-state index is 10.5. The van der Waals surface area contributed by atoms with E-state index >= 15 is 0 Å². The van der Waals surface area contributed by atoms with Crippen molar-refractivity contribution in [3.05, 3.63) is 26.6 Å². The van der Waals surface area contributed by atoms with Crippen LogP contribution in [0, 0.1) is 0 Å². The van der Waals surface area contributed by atoms with E-state index in [4.69, 9.17) is 10.5 Å². The average Bonchev–Trinajstić information content (AvgIpc) is 2.22. The van der Waals surface area contributed by atoms with Crippen LogP contribution in [-0.4, -0.2) is 18.3 Å².